The van der Waals surface area contributed by atoms with Gasteiger partial charge < -0.3 is 10.1 Å². The summed E-state index contributed by atoms with van der Waals surface area (Å²) < 4.78 is 4.84. The van der Waals surface area contributed by atoms with Crippen LogP contribution < -0.4 is 5.32 Å². The molecule has 0 aromatic heterocycles. The SMILES string of the molecule is COC(=O)C(C)(C)Cc1ccc2c(c1)NCCS2. The Hall–Kier alpha value is -1.16. The molecule has 4 heteroatoms. The van der Waals surface area contributed by atoms with Crippen molar-refractivity contribution in [2.75, 3.05) is 24.7 Å². The number of esters is 1. The fourth-order valence-electron chi connectivity index (χ4n) is 2.16. The highest BCUT2D eigenvalue weighted by Crippen LogP contribution is 2.33. The molecule has 1 heterocycles. The third kappa shape index (κ3) is 2.80. The lowest BCUT2D eigenvalue weighted by atomic mass is 9.86. The van der Waals surface area contributed by atoms with Gasteiger partial charge in [-0.3, -0.25) is 4.79 Å². The minimum Gasteiger partial charge on any atom is -0.469 e. The van der Waals surface area contributed by atoms with Gasteiger partial charge in [0.05, 0.1) is 12.5 Å². The van der Waals surface area contributed by atoms with E-state index in [0.29, 0.717) is 6.42 Å². The summed E-state index contributed by atoms with van der Waals surface area (Å²) in [6, 6.07) is 6.38. The van der Waals surface area contributed by atoms with E-state index in [9.17, 15) is 4.79 Å². The molecule has 0 atom stereocenters. The van der Waals surface area contributed by atoms with Gasteiger partial charge in [-0.1, -0.05) is 6.07 Å². The van der Waals surface area contributed by atoms with Crippen molar-refractivity contribution in [3.05, 3.63) is 23.8 Å². The number of hydrogen-bond donors (Lipinski definition) is 1. The van der Waals surface area contributed by atoms with E-state index in [1.165, 1.54) is 23.3 Å². The summed E-state index contributed by atoms with van der Waals surface area (Å²) in [7, 11) is 1.44. The smallest absolute Gasteiger partial charge is 0.311 e. The Morgan fingerprint density at radius 1 is 1.50 bits per heavy atom. The second kappa shape index (κ2) is 5.22. The number of rotatable bonds is 3. The van der Waals surface area contributed by atoms with E-state index in [2.05, 4.69) is 23.5 Å². The van der Waals surface area contributed by atoms with Gasteiger partial charge >= 0.3 is 5.97 Å². The fraction of sp³-hybridized carbons (Fsp3) is 0.500. The summed E-state index contributed by atoms with van der Waals surface area (Å²) in [5.74, 6) is 0.947. The predicted octanol–water partition coefficient (Wildman–Crippen LogP) is 2.95. The Kier molecular flexibility index (Phi) is 3.85. The number of hydrogen-bond acceptors (Lipinski definition) is 4. The number of ether oxygens (including phenoxy) is 1. The summed E-state index contributed by atoms with van der Waals surface area (Å²) >= 11 is 1.87. The van der Waals surface area contributed by atoms with Crippen LogP contribution in [0.4, 0.5) is 5.69 Å². The van der Waals surface area contributed by atoms with Gasteiger partial charge in [0.2, 0.25) is 0 Å². The van der Waals surface area contributed by atoms with Crippen LogP contribution in [0.15, 0.2) is 23.1 Å². The van der Waals surface area contributed by atoms with Crippen LogP contribution in [0.2, 0.25) is 0 Å². The molecule has 0 fully saturated rings. The normalized spacial score (nSPS) is 14.6. The van der Waals surface area contributed by atoms with E-state index in [1.807, 2.05) is 25.6 Å². The van der Waals surface area contributed by atoms with Crippen molar-refractivity contribution < 1.29 is 9.53 Å². The Morgan fingerprint density at radius 2 is 2.28 bits per heavy atom. The molecule has 0 bridgehead atoms. The molecule has 0 radical (unpaired) electrons. The van der Waals surface area contributed by atoms with Gasteiger partial charge in [0.1, 0.15) is 0 Å². The number of carbonyl (C=O) groups excluding carboxylic acids is 1. The molecule has 0 spiro atoms. The van der Waals surface area contributed by atoms with Crippen molar-refractivity contribution in [1.82, 2.24) is 0 Å². The van der Waals surface area contributed by atoms with Crippen molar-refractivity contribution in [2.24, 2.45) is 5.41 Å². The van der Waals surface area contributed by atoms with E-state index in [4.69, 9.17) is 4.74 Å². The van der Waals surface area contributed by atoms with Gasteiger partial charge in [-0.2, -0.15) is 0 Å². The first kappa shape index (κ1) is 13.3. The van der Waals surface area contributed by atoms with E-state index in [0.717, 1.165) is 12.3 Å². The zero-order valence-corrected chi connectivity index (χ0v) is 11.9. The molecule has 0 saturated heterocycles. The third-order valence-corrected chi connectivity index (χ3v) is 4.18. The molecule has 1 aromatic rings. The first-order valence-electron chi connectivity index (χ1n) is 6.11. The molecular formula is C14H19NO2S. The summed E-state index contributed by atoms with van der Waals surface area (Å²) in [6.45, 7) is 4.84. The van der Waals surface area contributed by atoms with Gasteiger partial charge in [0.25, 0.3) is 0 Å². The Bertz CT molecular complexity index is 457. The zero-order chi connectivity index (χ0) is 13.2. The monoisotopic (exact) mass is 265 g/mol. The highest BCUT2D eigenvalue weighted by Gasteiger charge is 2.29. The average molecular weight is 265 g/mol. The highest BCUT2D eigenvalue weighted by molar-refractivity contribution is 7.99. The van der Waals surface area contributed by atoms with E-state index in [1.54, 1.807) is 0 Å². The van der Waals surface area contributed by atoms with Crippen molar-refractivity contribution in [3.63, 3.8) is 0 Å². The fourth-order valence-corrected chi connectivity index (χ4v) is 3.03. The van der Waals surface area contributed by atoms with Crippen LogP contribution in [0.5, 0.6) is 0 Å². The maximum Gasteiger partial charge on any atom is 0.311 e. The number of fused-ring (bicyclic) bond motifs is 1. The lowest BCUT2D eigenvalue weighted by Crippen LogP contribution is -2.28. The van der Waals surface area contributed by atoms with Gasteiger partial charge in [-0.05, 0) is 38.0 Å². The minimum absolute atomic E-state index is 0.164. The number of nitrogens with one attached hydrogen (secondary N) is 1. The molecule has 0 unspecified atom stereocenters. The summed E-state index contributed by atoms with van der Waals surface area (Å²) in [4.78, 5) is 13.0. The Morgan fingerprint density at radius 3 is 3.00 bits per heavy atom. The third-order valence-electron chi connectivity index (χ3n) is 3.10. The maximum absolute atomic E-state index is 11.7. The first-order valence-corrected chi connectivity index (χ1v) is 7.09. The van der Waals surface area contributed by atoms with Crippen molar-refractivity contribution in [1.29, 1.82) is 0 Å². The molecule has 1 N–H and O–H groups in total. The minimum atomic E-state index is -0.481. The topological polar surface area (TPSA) is 38.3 Å². The van der Waals surface area contributed by atoms with Gasteiger partial charge in [-0.15, -0.1) is 11.8 Å². The second-order valence-corrected chi connectivity index (χ2v) is 6.29. The average Bonchev–Trinajstić information content (AvgIpc) is 2.37. The number of methoxy groups -OCH3 is 1. The summed E-state index contributed by atoms with van der Waals surface area (Å²) in [6.07, 6.45) is 0.694. The van der Waals surface area contributed by atoms with Crippen LogP contribution in [0, 0.1) is 5.41 Å². The summed E-state index contributed by atoms with van der Waals surface area (Å²) in [5, 5.41) is 3.39. The van der Waals surface area contributed by atoms with E-state index in [-0.39, 0.29) is 5.97 Å². The van der Waals surface area contributed by atoms with E-state index >= 15 is 0 Å². The predicted molar refractivity (Wildman–Crippen MR) is 75.2 cm³/mol. The Labute approximate surface area is 112 Å². The lowest BCUT2D eigenvalue weighted by molar-refractivity contribution is -0.150. The van der Waals surface area contributed by atoms with Crippen LogP contribution in [0.1, 0.15) is 19.4 Å². The van der Waals surface area contributed by atoms with Crippen LogP contribution >= 0.6 is 11.8 Å². The molecule has 18 heavy (non-hydrogen) atoms. The molecule has 0 amide bonds. The molecule has 98 valence electrons. The largest absolute Gasteiger partial charge is 0.469 e. The molecule has 1 aliphatic rings. The standard InChI is InChI=1S/C14H19NO2S/c1-14(2,13(16)17-3)9-10-4-5-12-11(8-10)15-6-7-18-12/h4-5,8,15H,6-7,9H2,1-3H3. The number of carbonyl (C=O) groups is 1. The van der Waals surface area contributed by atoms with Crippen molar-refractivity contribution in [3.8, 4) is 0 Å². The number of benzene rings is 1. The quantitative estimate of drug-likeness (QED) is 0.853. The second-order valence-electron chi connectivity index (χ2n) is 5.16. The van der Waals surface area contributed by atoms with Gasteiger partial charge in [0.15, 0.2) is 0 Å². The highest BCUT2D eigenvalue weighted by atomic mass is 32.2. The molecule has 2 rings (SSSR count). The number of anilines is 1. The van der Waals surface area contributed by atoms with Crippen LogP contribution in [-0.4, -0.2) is 25.4 Å². The first-order chi connectivity index (χ1) is 8.53. The zero-order valence-electron chi connectivity index (χ0n) is 11.1. The maximum atomic E-state index is 11.7. The van der Waals surface area contributed by atoms with E-state index < -0.39 is 5.41 Å². The lowest BCUT2D eigenvalue weighted by Gasteiger charge is -2.23. The molecule has 0 aliphatic carbocycles. The summed E-state index contributed by atoms with van der Waals surface area (Å²) in [5.41, 5.74) is 1.87. The molecule has 1 aliphatic heterocycles. The van der Waals surface area contributed by atoms with Crippen molar-refractivity contribution in [2.45, 2.75) is 25.2 Å². The van der Waals surface area contributed by atoms with Crippen LogP contribution in [0.25, 0.3) is 0 Å². The number of thioether (sulfide) groups is 1. The molecular weight excluding hydrogens is 246 g/mol. The van der Waals surface area contributed by atoms with Crippen LogP contribution in [-0.2, 0) is 16.0 Å². The molecule has 1 aromatic carbocycles. The van der Waals surface area contributed by atoms with Gasteiger partial charge in [-0.25, -0.2) is 0 Å². The van der Waals surface area contributed by atoms with Crippen molar-refractivity contribution >= 4 is 23.4 Å². The van der Waals surface area contributed by atoms with Gasteiger partial charge in [0, 0.05) is 22.9 Å². The molecule has 0 saturated carbocycles. The van der Waals surface area contributed by atoms with Crippen LogP contribution in [0.3, 0.4) is 0 Å². The Balaban J connectivity index is 2.17. The molecule has 3 nitrogen and oxygen atoms in total.